The third-order valence-electron chi connectivity index (χ3n) is 4.41. The summed E-state index contributed by atoms with van der Waals surface area (Å²) in [5, 5.41) is 4.35. The van der Waals surface area contributed by atoms with Crippen molar-refractivity contribution in [3.05, 3.63) is 109 Å². The maximum Gasteiger partial charge on any atom is 1.00 e. The first-order chi connectivity index (χ1) is 16.1. The van der Waals surface area contributed by atoms with E-state index in [1.54, 1.807) is 24.3 Å². The Kier molecular flexibility index (Phi) is 21.3. The largest absolute Gasteiger partial charge is 1.00 e. The SMILES string of the molecule is O.O.O=S(=O)([O-])c1ccc(Pc2ccccc2)cc1.O=S(=O)([O-])c1ccc(Pc2ccccc2)cc1.[K+].[K+]. The Hall–Kier alpha value is 0.753. The van der Waals surface area contributed by atoms with E-state index in [0.29, 0.717) is 17.2 Å². The molecule has 0 heterocycles. The predicted molar refractivity (Wildman–Crippen MR) is 144 cm³/mol. The number of hydrogen-bond acceptors (Lipinski definition) is 6. The number of rotatable bonds is 6. The summed E-state index contributed by atoms with van der Waals surface area (Å²) in [5.41, 5.74) is 0. The van der Waals surface area contributed by atoms with E-state index in [1.807, 2.05) is 60.7 Å². The second-order valence-electron chi connectivity index (χ2n) is 6.94. The van der Waals surface area contributed by atoms with Crippen molar-refractivity contribution in [1.82, 2.24) is 0 Å². The van der Waals surface area contributed by atoms with Gasteiger partial charge in [0.05, 0.1) is 9.79 Å². The standard InChI is InChI=1S/2C12H11O3PS.2K.2H2O/c2*13-17(14,15)12-8-6-11(7-9-12)16-10-4-2-1-3-5-10;;;;/h2*1-9,16H,(H,13,14,15);;;2*1H2/q;;2*+1;;/p-2. The van der Waals surface area contributed by atoms with Crippen LogP contribution in [0.3, 0.4) is 0 Å². The Morgan fingerprint density at radius 1 is 0.421 bits per heavy atom. The predicted octanol–water partition coefficient (Wildman–Crippen LogP) is -5.20. The molecule has 4 aromatic carbocycles. The van der Waals surface area contributed by atoms with Crippen molar-refractivity contribution in [2.75, 3.05) is 0 Å². The molecule has 0 aliphatic rings. The molecule has 2 unspecified atom stereocenters. The van der Waals surface area contributed by atoms with Gasteiger partial charge in [0.25, 0.3) is 0 Å². The smallest absolute Gasteiger partial charge is 0.744 e. The normalized spacial score (nSPS) is 10.8. The Labute approximate surface area is 312 Å². The van der Waals surface area contributed by atoms with Crippen LogP contribution >= 0.6 is 17.2 Å². The Morgan fingerprint density at radius 2 is 0.658 bits per heavy atom. The molecular formula is C24H24K2O8P2S2. The molecule has 0 amide bonds. The van der Waals surface area contributed by atoms with Crippen LogP contribution in [0.4, 0.5) is 0 Å². The monoisotopic (exact) mass is 644 g/mol. The molecule has 2 atom stereocenters. The van der Waals surface area contributed by atoms with E-state index in [-0.39, 0.29) is 124 Å². The fourth-order valence-electron chi connectivity index (χ4n) is 2.79. The summed E-state index contributed by atoms with van der Waals surface area (Å²) >= 11 is 0. The second-order valence-corrected chi connectivity index (χ2v) is 12.5. The first-order valence-corrected chi connectivity index (χ1v) is 14.7. The van der Waals surface area contributed by atoms with Gasteiger partial charge >= 0.3 is 103 Å². The zero-order chi connectivity index (χ0) is 24.6. The molecule has 0 saturated heterocycles. The van der Waals surface area contributed by atoms with Gasteiger partial charge in [0.1, 0.15) is 20.2 Å². The summed E-state index contributed by atoms with van der Waals surface area (Å²) in [7, 11) is -7.76. The Bertz CT molecular complexity index is 1310. The summed E-state index contributed by atoms with van der Waals surface area (Å²) in [4.78, 5) is -0.363. The molecule has 0 spiro atoms. The second kappa shape index (κ2) is 19.8. The van der Waals surface area contributed by atoms with Crippen molar-refractivity contribution >= 4 is 58.6 Å². The number of hydrogen-bond donors (Lipinski definition) is 0. The molecular weight excluding hydrogens is 621 g/mol. The molecule has 0 bridgehead atoms. The third kappa shape index (κ3) is 14.6. The minimum absolute atomic E-state index is 0. The van der Waals surface area contributed by atoms with Gasteiger partial charge < -0.3 is 20.1 Å². The molecule has 0 saturated carbocycles. The van der Waals surface area contributed by atoms with Gasteiger partial charge in [0, 0.05) is 0 Å². The van der Waals surface area contributed by atoms with E-state index in [4.69, 9.17) is 0 Å². The molecule has 4 rings (SSSR count). The van der Waals surface area contributed by atoms with Gasteiger partial charge in [-0.25, -0.2) is 16.8 Å². The number of benzene rings is 4. The van der Waals surface area contributed by atoms with Crippen LogP contribution in [-0.2, 0) is 20.2 Å². The first-order valence-electron chi connectivity index (χ1n) is 9.87. The van der Waals surface area contributed by atoms with E-state index in [1.165, 1.54) is 34.9 Å². The van der Waals surface area contributed by atoms with E-state index in [2.05, 4.69) is 0 Å². The average Bonchev–Trinajstić information content (AvgIpc) is 2.80. The van der Waals surface area contributed by atoms with Crippen molar-refractivity contribution in [3.8, 4) is 0 Å². The van der Waals surface area contributed by atoms with Gasteiger partial charge in [-0.15, -0.1) is 0 Å². The van der Waals surface area contributed by atoms with Gasteiger partial charge in [-0.2, -0.15) is 0 Å². The van der Waals surface area contributed by atoms with Crippen molar-refractivity contribution in [1.29, 1.82) is 0 Å². The van der Waals surface area contributed by atoms with E-state index in [9.17, 15) is 25.9 Å². The molecule has 38 heavy (non-hydrogen) atoms. The summed E-state index contributed by atoms with van der Waals surface area (Å²) in [5.74, 6) is 0. The zero-order valence-electron chi connectivity index (χ0n) is 20.7. The van der Waals surface area contributed by atoms with Crippen LogP contribution in [0.5, 0.6) is 0 Å². The van der Waals surface area contributed by atoms with Crippen LogP contribution in [0.15, 0.2) is 119 Å². The minimum Gasteiger partial charge on any atom is -0.744 e. The molecule has 8 nitrogen and oxygen atoms in total. The van der Waals surface area contributed by atoms with Crippen LogP contribution in [-0.4, -0.2) is 36.9 Å². The molecule has 0 aliphatic heterocycles. The van der Waals surface area contributed by atoms with Gasteiger partial charge in [-0.1, -0.05) is 102 Å². The van der Waals surface area contributed by atoms with E-state index >= 15 is 0 Å². The van der Waals surface area contributed by atoms with Gasteiger partial charge in [-0.05, 0) is 45.5 Å². The zero-order valence-corrected chi connectivity index (χ0v) is 30.5. The minimum atomic E-state index is -4.34. The molecule has 4 aromatic rings. The molecule has 192 valence electrons. The van der Waals surface area contributed by atoms with E-state index in [0.717, 1.165) is 10.6 Å². The van der Waals surface area contributed by atoms with Crippen molar-refractivity contribution in [2.24, 2.45) is 0 Å². The molecule has 14 heteroatoms. The Morgan fingerprint density at radius 3 is 0.895 bits per heavy atom. The first kappa shape index (κ1) is 40.9. The molecule has 0 aromatic heterocycles. The topological polar surface area (TPSA) is 177 Å². The summed E-state index contributed by atoms with van der Waals surface area (Å²) in [6.07, 6.45) is 0. The molecule has 4 N–H and O–H groups in total. The Balaban J connectivity index is 0. The van der Waals surface area contributed by atoms with Gasteiger partial charge in [0.15, 0.2) is 0 Å². The van der Waals surface area contributed by atoms with Crippen molar-refractivity contribution < 1.29 is 140 Å². The van der Waals surface area contributed by atoms with E-state index < -0.39 is 20.2 Å². The molecule has 0 fully saturated rings. The van der Waals surface area contributed by atoms with Crippen LogP contribution in [0.1, 0.15) is 0 Å². The maximum atomic E-state index is 10.7. The van der Waals surface area contributed by atoms with Crippen molar-refractivity contribution in [3.63, 3.8) is 0 Å². The van der Waals surface area contributed by atoms with Gasteiger partial charge in [0.2, 0.25) is 0 Å². The molecule has 0 aliphatic carbocycles. The van der Waals surface area contributed by atoms with Crippen LogP contribution < -0.4 is 124 Å². The molecule has 0 radical (unpaired) electrons. The quantitative estimate of drug-likeness (QED) is 0.115. The van der Waals surface area contributed by atoms with Gasteiger partial charge in [-0.3, -0.25) is 0 Å². The third-order valence-corrected chi connectivity index (χ3v) is 8.60. The fraction of sp³-hybridized carbons (Fsp3) is 0. The van der Waals surface area contributed by atoms with Crippen LogP contribution in [0, 0.1) is 0 Å². The van der Waals surface area contributed by atoms with Crippen LogP contribution in [0.2, 0.25) is 0 Å². The summed E-state index contributed by atoms with van der Waals surface area (Å²) < 4.78 is 64.5. The van der Waals surface area contributed by atoms with Crippen molar-refractivity contribution in [2.45, 2.75) is 9.79 Å². The summed E-state index contributed by atoms with van der Waals surface area (Å²) in [6.45, 7) is 0. The van der Waals surface area contributed by atoms with Crippen LogP contribution in [0.25, 0.3) is 0 Å². The fourth-order valence-corrected chi connectivity index (χ4v) is 5.78. The summed E-state index contributed by atoms with van der Waals surface area (Å²) in [6, 6.07) is 31.9. The maximum absolute atomic E-state index is 10.7. The average molecular weight is 645 g/mol.